The quantitative estimate of drug-likeness (QED) is 0.0101. The SMILES string of the molecule is CCCCC/C=C\C/C=C\C/C=C\C/C=C\CCCCCC(=O)OC[C@H](COP(=O)(O)OC1[C@H](O)[C@H](O)C(O)[C@H](O)[C@H]1O)OC(=O)CCC/C=C\C/C=C\C=C\[C@@H](O)C/C=C\CCCCC. The molecule has 0 spiro atoms. The number of unbranched alkanes of at least 4 members (excludes halogenated alkanes) is 10. The van der Waals surface area contributed by atoms with Gasteiger partial charge in [-0.3, -0.25) is 18.6 Å². The van der Waals surface area contributed by atoms with Gasteiger partial charge in [0.05, 0.1) is 12.7 Å². The molecule has 9 atom stereocenters. The maximum absolute atomic E-state index is 12.8. The number of rotatable bonds is 38. The number of carbonyl (C=O) groups is 2. The number of carbonyl (C=O) groups excluding carboxylic acids is 2. The molecule has 0 heterocycles. The summed E-state index contributed by atoms with van der Waals surface area (Å²) in [6.45, 7) is 3.09. The molecule has 0 aromatic heterocycles. The predicted molar refractivity (Wildman–Crippen MR) is 259 cm³/mol. The van der Waals surface area contributed by atoms with E-state index in [-0.39, 0.29) is 12.8 Å². The number of hydrogen-bond acceptors (Lipinski definition) is 13. The summed E-state index contributed by atoms with van der Waals surface area (Å²) >= 11 is 0. The Morgan fingerprint density at radius 2 is 1.02 bits per heavy atom. The highest BCUT2D eigenvalue weighted by atomic mass is 31.2. The zero-order chi connectivity index (χ0) is 48.7. The molecule has 7 N–H and O–H groups in total. The molecule has 14 nitrogen and oxygen atoms in total. The van der Waals surface area contributed by atoms with Gasteiger partial charge in [-0.2, -0.15) is 0 Å². The Kier molecular flexibility index (Phi) is 36.5. The molecular weight excluding hydrogens is 868 g/mol. The first-order valence-corrected chi connectivity index (χ1v) is 25.6. The van der Waals surface area contributed by atoms with Gasteiger partial charge < -0.3 is 45.0 Å². The summed E-state index contributed by atoms with van der Waals surface area (Å²) in [7, 11) is -5.17. The van der Waals surface area contributed by atoms with Gasteiger partial charge in [-0.25, -0.2) is 4.57 Å². The molecular formula is C51H83O14P. The van der Waals surface area contributed by atoms with Gasteiger partial charge in [0.15, 0.2) is 6.10 Å². The average molecular weight is 951 g/mol. The molecule has 66 heavy (non-hydrogen) atoms. The molecule has 1 fully saturated rings. The lowest BCUT2D eigenvalue weighted by molar-refractivity contribution is -0.220. The second-order valence-electron chi connectivity index (χ2n) is 16.5. The Hall–Kier alpha value is -3.27. The van der Waals surface area contributed by atoms with E-state index in [1.807, 2.05) is 30.4 Å². The van der Waals surface area contributed by atoms with Crippen molar-refractivity contribution in [2.24, 2.45) is 0 Å². The van der Waals surface area contributed by atoms with Gasteiger partial charge in [-0.15, -0.1) is 0 Å². The molecule has 1 aliphatic carbocycles. The molecule has 0 aromatic rings. The van der Waals surface area contributed by atoms with Gasteiger partial charge in [-0.05, 0) is 89.9 Å². The number of aliphatic hydroxyl groups excluding tert-OH is 6. The number of allylic oxidation sites excluding steroid dienone is 14. The van der Waals surface area contributed by atoms with E-state index in [1.165, 1.54) is 32.1 Å². The Morgan fingerprint density at radius 1 is 0.545 bits per heavy atom. The lowest BCUT2D eigenvalue weighted by Gasteiger charge is -2.41. The lowest BCUT2D eigenvalue weighted by Crippen LogP contribution is -2.64. The lowest BCUT2D eigenvalue weighted by atomic mass is 9.85. The van der Waals surface area contributed by atoms with Crippen molar-refractivity contribution in [3.8, 4) is 0 Å². The minimum atomic E-state index is -5.17. The number of ether oxygens (including phenoxy) is 2. The van der Waals surface area contributed by atoms with Crippen LogP contribution in [0.2, 0.25) is 0 Å². The van der Waals surface area contributed by atoms with E-state index in [4.69, 9.17) is 18.5 Å². The minimum Gasteiger partial charge on any atom is -0.462 e. The van der Waals surface area contributed by atoms with Crippen LogP contribution in [0.3, 0.4) is 0 Å². The topological polar surface area (TPSA) is 230 Å². The molecule has 1 aliphatic rings. The Balaban J connectivity index is 2.55. The molecule has 15 heteroatoms. The maximum Gasteiger partial charge on any atom is 0.472 e. The van der Waals surface area contributed by atoms with Gasteiger partial charge in [0.25, 0.3) is 0 Å². The fourth-order valence-corrected chi connectivity index (χ4v) is 7.49. The second kappa shape index (κ2) is 39.7. The maximum atomic E-state index is 12.8. The van der Waals surface area contributed by atoms with Crippen LogP contribution in [0.25, 0.3) is 0 Å². The summed E-state index contributed by atoms with van der Waals surface area (Å²) < 4.78 is 33.4. The average Bonchev–Trinajstić information content (AvgIpc) is 3.29. The molecule has 3 unspecified atom stereocenters. The third kappa shape index (κ3) is 31.7. The molecule has 0 bridgehead atoms. The van der Waals surface area contributed by atoms with Gasteiger partial charge >= 0.3 is 19.8 Å². The van der Waals surface area contributed by atoms with E-state index in [0.717, 1.165) is 57.8 Å². The van der Waals surface area contributed by atoms with Gasteiger partial charge in [0.1, 0.15) is 43.2 Å². The number of aliphatic hydroxyl groups is 6. The zero-order valence-electron chi connectivity index (χ0n) is 39.6. The third-order valence-corrected chi connectivity index (χ3v) is 11.5. The van der Waals surface area contributed by atoms with E-state index in [2.05, 4.69) is 68.5 Å². The highest BCUT2D eigenvalue weighted by Gasteiger charge is 2.51. The van der Waals surface area contributed by atoms with Crippen molar-refractivity contribution in [1.82, 2.24) is 0 Å². The van der Waals surface area contributed by atoms with Crippen LogP contribution in [0.1, 0.15) is 149 Å². The van der Waals surface area contributed by atoms with Crippen LogP contribution < -0.4 is 0 Å². The Bertz CT molecular complexity index is 1540. The van der Waals surface area contributed by atoms with E-state index in [0.29, 0.717) is 32.1 Å². The highest BCUT2D eigenvalue weighted by molar-refractivity contribution is 7.47. The smallest absolute Gasteiger partial charge is 0.462 e. The monoisotopic (exact) mass is 951 g/mol. The summed E-state index contributed by atoms with van der Waals surface area (Å²) in [5.74, 6) is -1.25. The number of phosphoric acid groups is 1. The third-order valence-electron chi connectivity index (χ3n) is 10.5. The molecule has 1 saturated carbocycles. The summed E-state index contributed by atoms with van der Waals surface area (Å²) in [4.78, 5) is 35.7. The molecule has 0 aliphatic heterocycles. The van der Waals surface area contributed by atoms with Gasteiger partial charge in [0.2, 0.25) is 0 Å². The van der Waals surface area contributed by atoms with Crippen LogP contribution in [0, 0.1) is 0 Å². The van der Waals surface area contributed by atoms with Crippen LogP contribution >= 0.6 is 7.82 Å². The van der Waals surface area contributed by atoms with Crippen molar-refractivity contribution in [2.75, 3.05) is 13.2 Å². The van der Waals surface area contributed by atoms with Crippen molar-refractivity contribution in [2.45, 2.75) is 198 Å². The minimum absolute atomic E-state index is 0.0242. The van der Waals surface area contributed by atoms with Crippen molar-refractivity contribution >= 4 is 19.8 Å². The van der Waals surface area contributed by atoms with E-state index in [9.17, 15) is 49.7 Å². The molecule has 1 rings (SSSR count). The second-order valence-corrected chi connectivity index (χ2v) is 17.9. The number of phosphoric ester groups is 1. The van der Waals surface area contributed by atoms with Gasteiger partial charge in [0, 0.05) is 12.8 Å². The predicted octanol–water partition coefficient (Wildman–Crippen LogP) is 8.80. The number of esters is 2. The summed E-state index contributed by atoms with van der Waals surface area (Å²) in [6.07, 6.45) is 36.2. The first-order chi connectivity index (χ1) is 31.8. The fraction of sp³-hybridized carbons (Fsp3) is 0.647. The molecule has 0 radical (unpaired) electrons. The molecule has 0 saturated heterocycles. The summed E-state index contributed by atoms with van der Waals surface area (Å²) in [5, 5.41) is 60.3. The normalized spacial score (nSPS) is 22.6. The van der Waals surface area contributed by atoms with Crippen LogP contribution in [-0.4, -0.2) is 110 Å². The Morgan fingerprint density at radius 3 is 1.58 bits per heavy atom. The first-order valence-electron chi connectivity index (χ1n) is 24.1. The van der Waals surface area contributed by atoms with Crippen LogP contribution in [0.4, 0.5) is 0 Å². The van der Waals surface area contributed by atoms with E-state index in [1.54, 1.807) is 12.2 Å². The standard InChI is InChI=1S/C51H83O14P/c1-3-5-7-9-11-12-13-14-15-16-17-18-19-20-21-22-26-30-34-38-44(53)62-40-43(41-63-66(60,61)65-51-49(58)47(56)46(55)48(57)50(51)59)64-45(54)39-35-31-27-24-23-25-29-33-37-42(52)36-32-28-10-8-6-4-2/h11-12,14-15,17-18,20-21,24-25,27-29,32-33,37,42-43,46-52,55-59H,3-10,13,16,19,22-23,26,30-31,34-36,38-41H2,1-2H3,(H,60,61)/b12-11-,15-14-,18-17-,21-20-,27-24-,29-25-,32-28-,37-33+/t42-,43+,46?,47-,48+,49+,50+,51?/m0/s1. The van der Waals surface area contributed by atoms with Gasteiger partial charge in [-0.1, -0.05) is 143 Å². The van der Waals surface area contributed by atoms with Crippen LogP contribution in [0.15, 0.2) is 97.2 Å². The first kappa shape index (κ1) is 60.7. The van der Waals surface area contributed by atoms with Crippen molar-refractivity contribution in [3.63, 3.8) is 0 Å². The highest BCUT2D eigenvalue weighted by Crippen LogP contribution is 2.47. The summed E-state index contributed by atoms with van der Waals surface area (Å²) in [6, 6.07) is 0. The molecule has 376 valence electrons. The van der Waals surface area contributed by atoms with Crippen molar-refractivity contribution < 1.29 is 68.2 Å². The van der Waals surface area contributed by atoms with Crippen LogP contribution in [0.5, 0.6) is 0 Å². The Labute approximate surface area is 394 Å². The fourth-order valence-electron chi connectivity index (χ4n) is 6.52. The molecule has 0 amide bonds. The van der Waals surface area contributed by atoms with E-state index >= 15 is 0 Å². The largest absolute Gasteiger partial charge is 0.472 e. The zero-order valence-corrected chi connectivity index (χ0v) is 40.4. The number of hydrogen-bond donors (Lipinski definition) is 7. The van der Waals surface area contributed by atoms with E-state index < -0.39 is 81.8 Å². The van der Waals surface area contributed by atoms with Crippen LogP contribution in [-0.2, 0) is 32.7 Å². The van der Waals surface area contributed by atoms with Crippen molar-refractivity contribution in [3.05, 3.63) is 97.2 Å². The molecule has 0 aromatic carbocycles. The summed E-state index contributed by atoms with van der Waals surface area (Å²) in [5.41, 5.74) is 0. The van der Waals surface area contributed by atoms with Crippen molar-refractivity contribution in [1.29, 1.82) is 0 Å².